The molecule has 2 aromatic rings. The number of nitrogens with two attached hydrogens (primary N) is 1. The van der Waals surface area contributed by atoms with Crippen LogP contribution < -0.4 is 15.2 Å². The van der Waals surface area contributed by atoms with Crippen molar-refractivity contribution in [1.82, 2.24) is 4.98 Å². The normalized spacial score (nSPS) is 12.0. The summed E-state index contributed by atoms with van der Waals surface area (Å²) >= 11 is 3.44. The number of ether oxygens (including phenoxy) is 2. The minimum absolute atomic E-state index is 0.0988. The van der Waals surface area contributed by atoms with Crippen LogP contribution in [-0.2, 0) is 6.61 Å². The van der Waals surface area contributed by atoms with E-state index in [1.807, 2.05) is 37.3 Å². The largest absolute Gasteiger partial charge is 0.488 e. The lowest BCUT2D eigenvalue weighted by atomic mass is 10.1. The second kappa shape index (κ2) is 6.72. The lowest BCUT2D eigenvalue weighted by Gasteiger charge is -2.15. The summed E-state index contributed by atoms with van der Waals surface area (Å²) < 4.78 is 12.1. The Morgan fingerprint density at radius 2 is 2.15 bits per heavy atom. The van der Waals surface area contributed by atoms with Crippen molar-refractivity contribution in [2.24, 2.45) is 5.73 Å². The van der Waals surface area contributed by atoms with Crippen molar-refractivity contribution >= 4 is 15.9 Å². The summed E-state index contributed by atoms with van der Waals surface area (Å²) in [5.41, 5.74) is 7.83. The minimum Gasteiger partial charge on any atom is -0.488 e. The molecule has 20 heavy (non-hydrogen) atoms. The van der Waals surface area contributed by atoms with E-state index in [0.717, 1.165) is 21.3 Å². The van der Waals surface area contributed by atoms with Gasteiger partial charge < -0.3 is 15.2 Å². The molecule has 0 aliphatic rings. The maximum atomic E-state index is 5.97. The highest BCUT2D eigenvalue weighted by atomic mass is 79.9. The summed E-state index contributed by atoms with van der Waals surface area (Å²) in [6.07, 6.45) is 1.69. The Kier molecular flexibility index (Phi) is 4.98. The van der Waals surface area contributed by atoms with Crippen LogP contribution in [0.5, 0.6) is 11.6 Å². The van der Waals surface area contributed by atoms with E-state index in [-0.39, 0.29) is 6.04 Å². The summed E-state index contributed by atoms with van der Waals surface area (Å²) in [5.74, 6) is 1.35. The number of hydrogen-bond donors (Lipinski definition) is 1. The Labute approximate surface area is 127 Å². The molecule has 2 N–H and O–H groups in total. The predicted octanol–water partition coefficient (Wildman–Crippen LogP) is 3.45. The van der Waals surface area contributed by atoms with Crippen LogP contribution >= 0.6 is 15.9 Å². The van der Waals surface area contributed by atoms with Gasteiger partial charge in [0.1, 0.15) is 12.4 Å². The molecule has 0 unspecified atom stereocenters. The summed E-state index contributed by atoms with van der Waals surface area (Å²) in [6, 6.07) is 9.50. The van der Waals surface area contributed by atoms with E-state index in [2.05, 4.69) is 20.9 Å². The Balaban J connectivity index is 2.19. The quantitative estimate of drug-likeness (QED) is 0.908. The van der Waals surface area contributed by atoms with E-state index in [9.17, 15) is 0 Å². The van der Waals surface area contributed by atoms with Crippen molar-refractivity contribution in [3.8, 4) is 11.6 Å². The fourth-order valence-corrected chi connectivity index (χ4v) is 2.26. The first-order valence-corrected chi connectivity index (χ1v) is 7.07. The SMILES string of the molecule is COc1ncccc1COc1ccc(Br)cc1[C@@H](C)N. The van der Waals surface area contributed by atoms with Crippen molar-refractivity contribution in [1.29, 1.82) is 0 Å². The van der Waals surface area contributed by atoms with Gasteiger partial charge in [0.25, 0.3) is 0 Å². The van der Waals surface area contributed by atoms with Crippen LogP contribution in [0, 0.1) is 0 Å². The monoisotopic (exact) mass is 336 g/mol. The molecular formula is C15H17BrN2O2. The molecule has 0 saturated heterocycles. The van der Waals surface area contributed by atoms with Gasteiger partial charge in [0, 0.05) is 22.3 Å². The van der Waals surface area contributed by atoms with Gasteiger partial charge in [0.05, 0.1) is 12.7 Å². The van der Waals surface area contributed by atoms with Crippen molar-refractivity contribution in [3.05, 3.63) is 52.1 Å². The summed E-state index contributed by atoms with van der Waals surface area (Å²) in [5, 5.41) is 0. The Bertz CT molecular complexity index is 588. The van der Waals surface area contributed by atoms with Crippen molar-refractivity contribution in [3.63, 3.8) is 0 Å². The zero-order valence-electron chi connectivity index (χ0n) is 11.5. The zero-order chi connectivity index (χ0) is 14.5. The van der Waals surface area contributed by atoms with E-state index in [1.165, 1.54) is 0 Å². The molecule has 0 aliphatic heterocycles. The first-order valence-electron chi connectivity index (χ1n) is 6.27. The van der Waals surface area contributed by atoms with Gasteiger partial charge in [0.15, 0.2) is 0 Å². The number of benzene rings is 1. The van der Waals surface area contributed by atoms with Gasteiger partial charge >= 0.3 is 0 Å². The highest BCUT2D eigenvalue weighted by molar-refractivity contribution is 9.10. The highest BCUT2D eigenvalue weighted by Gasteiger charge is 2.10. The first-order chi connectivity index (χ1) is 9.61. The zero-order valence-corrected chi connectivity index (χ0v) is 13.1. The first kappa shape index (κ1) is 14.8. The summed E-state index contributed by atoms with van der Waals surface area (Å²) in [6.45, 7) is 2.32. The van der Waals surface area contributed by atoms with Crippen LogP contribution in [0.25, 0.3) is 0 Å². The molecule has 0 aliphatic carbocycles. The fourth-order valence-electron chi connectivity index (χ4n) is 1.88. The van der Waals surface area contributed by atoms with Gasteiger partial charge in [-0.25, -0.2) is 4.98 Å². The molecule has 0 amide bonds. The van der Waals surface area contributed by atoms with Gasteiger partial charge in [-0.05, 0) is 37.3 Å². The topological polar surface area (TPSA) is 57.4 Å². The van der Waals surface area contributed by atoms with Crippen LogP contribution in [0.4, 0.5) is 0 Å². The van der Waals surface area contributed by atoms with Crippen LogP contribution in [0.3, 0.4) is 0 Å². The van der Waals surface area contributed by atoms with Gasteiger partial charge in [-0.3, -0.25) is 0 Å². The van der Waals surface area contributed by atoms with Crippen molar-refractivity contribution in [2.75, 3.05) is 7.11 Å². The third-order valence-electron chi connectivity index (χ3n) is 2.89. The van der Waals surface area contributed by atoms with Crippen LogP contribution in [0.1, 0.15) is 24.1 Å². The van der Waals surface area contributed by atoms with E-state index in [0.29, 0.717) is 12.5 Å². The van der Waals surface area contributed by atoms with Crippen molar-refractivity contribution < 1.29 is 9.47 Å². The molecule has 1 aromatic heterocycles. The maximum absolute atomic E-state index is 5.97. The van der Waals surface area contributed by atoms with E-state index >= 15 is 0 Å². The summed E-state index contributed by atoms with van der Waals surface area (Å²) in [4.78, 5) is 4.15. The second-order valence-electron chi connectivity index (χ2n) is 4.43. The number of hydrogen-bond acceptors (Lipinski definition) is 4. The molecule has 0 saturated carbocycles. The van der Waals surface area contributed by atoms with Crippen LogP contribution in [0.2, 0.25) is 0 Å². The van der Waals surface area contributed by atoms with Crippen molar-refractivity contribution in [2.45, 2.75) is 19.6 Å². The molecular weight excluding hydrogens is 320 g/mol. The van der Waals surface area contributed by atoms with Gasteiger partial charge in [-0.15, -0.1) is 0 Å². The number of methoxy groups -OCH3 is 1. The highest BCUT2D eigenvalue weighted by Crippen LogP contribution is 2.28. The number of aromatic nitrogens is 1. The number of nitrogens with zero attached hydrogens (tertiary/aromatic N) is 1. The third kappa shape index (κ3) is 3.49. The molecule has 0 fully saturated rings. The average Bonchev–Trinajstić information content (AvgIpc) is 2.46. The molecule has 0 radical (unpaired) electrons. The summed E-state index contributed by atoms with van der Waals surface area (Å²) in [7, 11) is 1.60. The molecule has 106 valence electrons. The van der Waals surface area contributed by atoms with E-state index < -0.39 is 0 Å². The average molecular weight is 337 g/mol. The molecule has 1 heterocycles. The molecule has 4 nitrogen and oxygen atoms in total. The van der Waals surface area contributed by atoms with Crippen LogP contribution in [0.15, 0.2) is 41.0 Å². The molecule has 1 atom stereocenters. The molecule has 2 rings (SSSR count). The molecule has 1 aromatic carbocycles. The molecule has 0 bridgehead atoms. The fraction of sp³-hybridized carbons (Fsp3) is 0.267. The van der Waals surface area contributed by atoms with E-state index in [1.54, 1.807) is 13.3 Å². The number of halogens is 1. The standard InChI is InChI=1S/C15H17BrN2O2/c1-10(17)13-8-12(16)5-6-14(13)20-9-11-4-3-7-18-15(11)19-2/h3-8,10H,9,17H2,1-2H3/t10-/m1/s1. The number of rotatable bonds is 5. The molecule has 0 spiro atoms. The molecule has 5 heteroatoms. The Hall–Kier alpha value is -1.59. The predicted molar refractivity (Wildman–Crippen MR) is 81.9 cm³/mol. The smallest absolute Gasteiger partial charge is 0.219 e. The maximum Gasteiger partial charge on any atom is 0.219 e. The Morgan fingerprint density at radius 1 is 1.35 bits per heavy atom. The van der Waals surface area contributed by atoms with Gasteiger partial charge in [-0.2, -0.15) is 0 Å². The van der Waals surface area contributed by atoms with E-state index in [4.69, 9.17) is 15.2 Å². The Morgan fingerprint density at radius 3 is 2.85 bits per heavy atom. The third-order valence-corrected chi connectivity index (χ3v) is 3.38. The second-order valence-corrected chi connectivity index (χ2v) is 5.35. The van der Waals surface area contributed by atoms with Gasteiger partial charge in [-0.1, -0.05) is 15.9 Å². The minimum atomic E-state index is -0.0988. The lowest BCUT2D eigenvalue weighted by Crippen LogP contribution is -2.08. The number of pyridine rings is 1. The van der Waals surface area contributed by atoms with Gasteiger partial charge in [0.2, 0.25) is 5.88 Å². The lowest BCUT2D eigenvalue weighted by molar-refractivity contribution is 0.290. The van der Waals surface area contributed by atoms with Crippen LogP contribution in [-0.4, -0.2) is 12.1 Å².